The number of rotatable bonds is 0. The molecule has 1 aliphatic heterocycles. The van der Waals surface area contributed by atoms with Crippen molar-refractivity contribution in [3.8, 4) is 0 Å². The zero-order valence-corrected chi connectivity index (χ0v) is 16.6. The number of carbonyl (C=O) groups is 1. The van der Waals surface area contributed by atoms with Crippen LogP contribution in [0.4, 0.5) is 0 Å². The topological polar surface area (TPSA) is 78.9 Å². The van der Waals surface area contributed by atoms with Gasteiger partial charge in [-0.25, -0.2) is 4.99 Å². The van der Waals surface area contributed by atoms with Gasteiger partial charge in [0.05, 0.1) is 6.10 Å². The molecule has 1 aromatic carbocycles. The standard InChI is InChI=1S/C17H20BrN3O2.C2H6/c1-21-14(23)17(20-15(21)19)13-8-11(18)3-2-10(13)9-16(17)6-4-12(22)5-7-16;1-2/h2-3,8,12,22H,4-7,9H2,1H3,(H2,19,20);1-2H3. The van der Waals surface area contributed by atoms with E-state index >= 15 is 0 Å². The van der Waals surface area contributed by atoms with Gasteiger partial charge in [0, 0.05) is 16.9 Å². The number of fused-ring (bicyclic) bond motifs is 3. The Labute approximate surface area is 157 Å². The minimum absolute atomic E-state index is 0.0387. The van der Waals surface area contributed by atoms with Crippen molar-refractivity contribution in [2.24, 2.45) is 16.1 Å². The second-order valence-corrected chi connectivity index (χ2v) is 7.95. The van der Waals surface area contributed by atoms with E-state index in [1.807, 2.05) is 26.0 Å². The number of aliphatic hydroxyl groups excluding tert-OH is 1. The third-order valence-corrected chi connectivity index (χ3v) is 6.40. The fraction of sp³-hybridized carbons (Fsp3) is 0.579. The molecule has 1 atom stereocenters. The predicted molar refractivity (Wildman–Crippen MR) is 102 cm³/mol. The number of aliphatic hydroxyl groups is 1. The molecule has 5 nitrogen and oxygen atoms in total. The number of nitrogens with zero attached hydrogens (tertiary/aromatic N) is 2. The summed E-state index contributed by atoms with van der Waals surface area (Å²) in [6, 6.07) is 6.11. The van der Waals surface area contributed by atoms with Crippen molar-refractivity contribution in [3.63, 3.8) is 0 Å². The van der Waals surface area contributed by atoms with Crippen LogP contribution in [0.3, 0.4) is 0 Å². The maximum Gasteiger partial charge on any atom is 0.262 e. The third-order valence-electron chi connectivity index (χ3n) is 5.91. The van der Waals surface area contributed by atoms with Gasteiger partial charge >= 0.3 is 0 Å². The summed E-state index contributed by atoms with van der Waals surface area (Å²) in [4.78, 5) is 19.4. The average molecular weight is 408 g/mol. The molecule has 3 aliphatic rings. The summed E-state index contributed by atoms with van der Waals surface area (Å²) < 4.78 is 0.944. The first-order valence-corrected chi connectivity index (χ1v) is 9.79. The lowest BCUT2D eigenvalue weighted by atomic mass is 9.61. The van der Waals surface area contributed by atoms with Crippen molar-refractivity contribution in [1.82, 2.24) is 4.90 Å². The fourth-order valence-electron chi connectivity index (χ4n) is 4.67. The van der Waals surface area contributed by atoms with Crippen molar-refractivity contribution in [1.29, 1.82) is 0 Å². The van der Waals surface area contributed by atoms with Gasteiger partial charge in [-0.2, -0.15) is 0 Å². The largest absolute Gasteiger partial charge is 0.393 e. The van der Waals surface area contributed by atoms with Gasteiger partial charge < -0.3 is 10.8 Å². The number of guanidine groups is 1. The number of aliphatic imine (C=N–C) groups is 1. The maximum atomic E-state index is 13.2. The van der Waals surface area contributed by atoms with E-state index < -0.39 is 5.54 Å². The van der Waals surface area contributed by atoms with Gasteiger partial charge in [-0.1, -0.05) is 35.8 Å². The van der Waals surface area contributed by atoms with Crippen LogP contribution in [-0.2, 0) is 16.8 Å². The van der Waals surface area contributed by atoms with E-state index in [9.17, 15) is 9.90 Å². The molecule has 3 N–H and O–H groups in total. The first kappa shape index (κ1) is 18.4. The monoisotopic (exact) mass is 407 g/mol. The molecule has 136 valence electrons. The highest BCUT2D eigenvalue weighted by atomic mass is 79.9. The Balaban J connectivity index is 0.000000880. The number of nitrogens with two attached hydrogens (primary N) is 1. The normalized spacial score (nSPS) is 33.3. The molecule has 6 heteroatoms. The molecule has 0 saturated heterocycles. The highest BCUT2D eigenvalue weighted by Gasteiger charge is 2.66. The number of halogens is 1. The summed E-state index contributed by atoms with van der Waals surface area (Å²) in [6.45, 7) is 4.00. The highest BCUT2D eigenvalue weighted by Crippen LogP contribution is 2.61. The van der Waals surface area contributed by atoms with Crippen molar-refractivity contribution >= 4 is 27.8 Å². The van der Waals surface area contributed by atoms with Crippen molar-refractivity contribution < 1.29 is 9.90 Å². The van der Waals surface area contributed by atoms with E-state index in [0.29, 0.717) is 12.8 Å². The Kier molecular flexibility index (Phi) is 4.71. The molecule has 1 aromatic rings. The zero-order chi connectivity index (χ0) is 18.4. The lowest BCUT2D eigenvalue weighted by Crippen LogP contribution is -2.51. The lowest BCUT2D eigenvalue weighted by Gasteiger charge is -2.44. The van der Waals surface area contributed by atoms with E-state index in [-0.39, 0.29) is 23.4 Å². The molecule has 1 heterocycles. The van der Waals surface area contributed by atoms with Crippen molar-refractivity contribution in [2.75, 3.05) is 7.05 Å². The van der Waals surface area contributed by atoms with Gasteiger partial charge in [0.15, 0.2) is 11.5 Å². The van der Waals surface area contributed by atoms with E-state index in [2.05, 4.69) is 22.0 Å². The first-order valence-electron chi connectivity index (χ1n) is 9.00. The zero-order valence-electron chi connectivity index (χ0n) is 15.1. The van der Waals surface area contributed by atoms with Crippen LogP contribution < -0.4 is 5.73 Å². The van der Waals surface area contributed by atoms with Gasteiger partial charge in [0.25, 0.3) is 5.91 Å². The molecule has 1 saturated carbocycles. The number of carbonyl (C=O) groups excluding carboxylic acids is 1. The van der Waals surface area contributed by atoms with Crippen LogP contribution in [0.25, 0.3) is 0 Å². The minimum atomic E-state index is -0.926. The van der Waals surface area contributed by atoms with Crippen LogP contribution in [-0.4, -0.2) is 35.0 Å². The number of amides is 1. The number of likely N-dealkylation sites (N-methyl/N-ethyl adjacent to an activating group) is 1. The average Bonchev–Trinajstić information content (AvgIpc) is 3.01. The summed E-state index contributed by atoms with van der Waals surface area (Å²) in [6.07, 6.45) is 3.54. The van der Waals surface area contributed by atoms with Crippen LogP contribution in [0.1, 0.15) is 50.7 Å². The molecule has 0 radical (unpaired) electrons. The van der Waals surface area contributed by atoms with Crippen LogP contribution in [0.5, 0.6) is 0 Å². The van der Waals surface area contributed by atoms with Crippen molar-refractivity contribution in [3.05, 3.63) is 33.8 Å². The third kappa shape index (κ3) is 2.45. The Bertz CT molecular complexity index is 725. The second kappa shape index (κ2) is 6.40. The van der Waals surface area contributed by atoms with E-state index in [0.717, 1.165) is 29.3 Å². The quantitative estimate of drug-likeness (QED) is 0.693. The summed E-state index contributed by atoms with van der Waals surface area (Å²) in [5, 5.41) is 9.95. The highest BCUT2D eigenvalue weighted by molar-refractivity contribution is 9.10. The van der Waals surface area contributed by atoms with E-state index in [1.165, 1.54) is 10.5 Å². The molecule has 1 unspecified atom stereocenters. The minimum Gasteiger partial charge on any atom is -0.393 e. The van der Waals surface area contributed by atoms with Gasteiger partial charge in [0.1, 0.15) is 0 Å². The number of hydrogen-bond acceptors (Lipinski definition) is 4. The van der Waals surface area contributed by atoms with Crippen LogP contribution >= 0.6 is 15.9 Å². The summed E-state index contributed by atoms with van der Waals surface area (Å²) in [7, 11) is 1.69. The molecule has 4 rings (SSSR count). The Morgan fingerprint density at radius 3 is 2.52 bits per heavy atom. The van der Waals surface area contributed by atoms with E-state index in [4.69, 9.17) is 10.7 Å². The van der Waals surface area contributed by atoms with E-state index in [1.54, 1.807) is 7.05 Å². The Morgan fingerprint density at radius 1 is 1.32 bits per heavy atom. The predicted octanol–water partition coefficient (Wildman–Crippen LogP) is 2.93. The molecule has 0 bridgehead atoms. The molecular weight excluding hydrogens is 382 g/mol. The first-order chi connectivity index (χ1) is 11.9. The van der Waals surface area contributed by atoms with Crippen LogP contribution in [0, 0.1) is 5.41 Å². The molecule has 2 aliphatic carbocycles. The SMILES string of the molecule is CC.CN1C(=O)C2(N=C1N)c1cc(Br)ccc1CC21CCC(O)CC1. The number of hydrogen-bond donors (Lipinski definition) is 2. The van der Waals surface area contributed by atoms with Gasteiger partial charge in [-0.3, -0.25) is 9.69 Å². The smallest absolute Gasteiger partial charge is 0.262 e. The van der Waals surface area contributed by atoms with Gasteiger partial charge in [-0.05, 0) is 55.4 Å². The molecule has 1 fully saturated rings. The van der Waals surface area contributed by atoms with Crippen molar-refractivity contribution in [2.45, 2.75) is 57.6 Å². The number of benzene rings is 1. The summed E-state index contributed by atoms with van der Waals surface area (Å²) in [5.41, 5.74) is 6.97. The Morgan fingerprint density at radius 2 is 1.96 bits per heavy atom. The van der Waals surface area contributed by atoms with Crippen LogP contribution in [0.2, 0.25) is 0 Å². The Hall–Kier alpha value is -1.40. The molecule has 2 spiro atoms. The summed E-state index contributed by atoms with van der Waals surface area (Å²) >= 11 is 3.52. The fourth-order valence-corrected chi connectivity index (χ4v) is 5.03. The van der Waals surface area contributed by atoms with Gasteiger partial charge in [0.2, 0.25) is 0 Å². The summed E-state index contributed by atoms with van der Waals surface area (Å²) in [5.74, 6) is 0.247. The lowest BCUT2D eigenvalue weighted by molar-refractivity contribution is -0.137. The molecule has 0 aromatic heterocycles. The molecule has 1 amide bonds. The van der Waals surface area contributed by atoms with Gasteiger partial charge in [-0.15, -0.1) is 0 Å². The maximum absolute atomic E-state index is 13.2. The molecule has 25 heavy (non-hydrogen) atoms. The van der Waals surface area contributed by atoms with Crippen LogP contribution in [0.15, 0.2) is 27.7 Å². The molecular formula is C19H26BrN3O2. The second-order valence-electron chi connectivity index (χ2n) is 7.03.